The normalized spacial score (nSPS) is 23.9. The highest BCUT2D eigenvalue weighted by molar-refractivity contribution is 5.92. The van der Waals surface area contributed by atoms with Crippen LogP contribution >= 0.6 is 0 Å². The first-order valence-corrected chi connectivity index (χ1v) is 7.78. The molecule has 4 rings (SSSR count). The number of ether oxygens (including phenoxy) is 2. The number of aromatic amines is 1. The number of rotatable bonds is 5. The van der Waals surface area contributed by atoms with Crippen LogP contribution in [0, 0.1) is 0 Å². The molecule has 1 saturated heterocycles. The molecule has 2 N–H and O–H groups in total. The molecule has 0 radical (unpaired) electrons. The van der Waals surface area contributed by atoms with E-state index in [0.29, 0.717) is 30.6 Å². The van der Waals surface area contributed by atoms with Gasteiger partial charge in [-0.15, -0.1) is 0 Å². The molecule has 23 heavy (non-hydrogen) atoms. The molecular weight excluding hydrogens is 298 g/mol. The monoisotopic (exact) mass is 317 g/mol. The number of hydrogen-bond donors (Lipinski definition) is 2. The van der Waals surface area contributed by atoms with Gasteiger partial charge in [0.25, 0.3) is 5.91 Å². The first-order chi connectivity index (χ1) is 11.2. The summed E-state index contributed by atoms with van der Waals surface area (Å²) in [5.41, 5.74) is 0.485. The number of aryl methyl sites for hydroxylation is 1. The highest BCUT2D eigenvalue weighted by atomic mass is 16.5. The Morgan fingerprint density at radius 1 is 1.43 bits per heavy atom. The van der Waals surface area contributed by atoms with Gasteiger partial charge >= 0.3 is 0 Å². The smallest absolute Gasteiger partial charge is 0.269 e. The minimum atomic E-state index is -0.228. The highest BCUT2D eigenvalue weighted by Gasteiger charge is 2.33. The van der Waals surface area contributed by atoms with Gasteiger partial charge < -0.3 is 19.8 Å². The van der Waals surface area contributed by atoms with E-state index in [1.54, 1.807) is 23.3 Å². The molecule has 122 valence electrons. The molecule has 2 aromatic rings. The molecule has 1 aliphatic heterocycles. The third kappa shape index (κ3) is 3.07. The standard InChI is InChI=1S/C15H19N5O3/c1-20-6-10(4-17-20)23-13-8-22-7-12(13)19-15(21)11-5-16-14(18-11)9-2-3-9/h4-6,9,12-13H,2-3,7-8H2,1H3,(H,16,18)(H,19,21)/t12-,13+/m0/s1. The van der Waals surface area contributed by atoms with Gasteiger partial charge in [-0.1, -0.05) is 0 Å². The average Bonchev–Trinajstić information content (AvgIpc) is 2.94. The minimum Gasteiger partial charge on any atom is -0.482 e. The second kappa shape index (κ2) is 5.69. The molecule has 0 spiro atoms. The van der Waals surface area contributed by atoms with Crippen molar-refractivity contribution in [2.45, 2.75) is 30.9 Å². The Bertz CT molecular complexity index is 706. The summed E-state index contributed by atoms with van der Waals surface area (Å²) in [6.45, 7) is 0.871. The number of carbonyl (C=O) groups is 1. The molecule has 2 aromatic heterocycles. The predicted molar refractivity (Wildman–Crippen MR) is 80.3 cm³/mol. The van der Waals surface area contributed by atoms with Crippen molar-refractivity contribution in [1.82, 2.24) is 25.1 Å². The molecule has 8 nitrogen and oxygen atoms in total. The molecule has 0 aromatic carbocycles. The summed E-state index contributed by atoms with van der Waals surface area (Å²) in [7, 11) is 1.83. The second-order valence-electron chi connectivity index (χ2n) is 6.08. The number of aromatic nitrogens is 4. The SMILES string of the molecule is Cn1cc(O[C@@H]2COC[C@@H]2NC(=O)c2cnc(C3CC3)[nH]2)cn1. The molecule has 0 bridgehead atoms. The first kappa shape index (κ1) is 14.3. The quantitative estimate of drug-likeness (QED) is 0.842. The molecule has 1 aliphatic carbocycles. The van der Waals surface area contributed by atoms with E-state index >= 15 is 0 Å². The van der Waals surface area contributed by atoms with Crippen LogP contribution in [-0.2, 0) is 11.8 Å². The lowest BCUT2D eigenvalue weighted by Crippen LogP contribution is -2.45. The molecule has 3 heterocycles. The Balaban J connectivity index is 1.38. The Morgan fingerprint density at radius 3 is 3.04 bits per heavy atom. The lowest BCUT2D eigenvalue weighted by atomic mass is 10.2. The molecule has 1 amide bonds. The van der Waals surface area contributed by atoms with Crippen LogP contribution in [0.5, 0.6) is 5.75 Å². The van der Waals surface area contributed by atoms with E-state index in [4.69, 9.17) is 9.47 Å². The van der Waals surface area contributed by atoms with Crippen molar-refractivity contribution < 1.29 is 14.3 Å². The van der Waals surface area contributed by atoms with Crippen molar-refractivity contribution in [3.63, 3.8) is 0 Å². The van der Waals surface area contributed by atoms with Crippen LogP contribution < -0.4 is 10.1 Å². The third-order valence-corrected chi connectivity index (χ3v) is 4.12. The van der Waals surface area contributed by atoms with E-state index in [2.05, 4.69) is 20.4 Å². The van der Waals surface area contributed by atoms with E-state index in [1.165, 1.54) is 0 Å². The maximum Gasteiger partial charge on any atom is 0.269 e. The first-order valence-electron chi connectivity index (χ1n) is 7.78. The Kier molecular flexibility index (Phi) is 3.53. The number of amides is 1. The van der Waals surface area contributed by atoms with Crippen molar-refractivity contribution in [2.24, 2.45) is 7.05 Å². The van der Waals surface area contributed by atoms with Crippen LogP contribution in [0.4, 0.5) is 0 Å². The Labute approximate surface area is 133 Å². The number of imidazole rings is 1. The fourth-order valence-corrected chi connectivity index (χ4v) is 2.68. The van der Waals surface area contributed by atoms with Crippen LogP contribution in [0.15, 0.2) is 18.6 Å². The maximum atomic E-state index is 12.3. The largest absolute Gasteiger partial charge is 0.482 e. The molecule has 8 heteroatoms. The lowest BCUT2D eigenvalue weighted by Gasteiger charge is -2.19. The van der Waals surface area contributed by atoms with Gasteiger partial charge in [0, 0.05) is 13.0 Å². The third-order valence-electron chi connectivity index (χ3n) is 4.12. The van der Waals surface area contributed by atoms with E-state index in [1.807, 2.05) is 7.05 Å². The molecular formula is C15H19N5O3. The zero-order valence-corrected chi connectivity index (χ0v) is 12.9. The van der Waals surface area contributed by atoms with Gasteiger partial charge in [-0.2, -0.15) is 5.10 Å². The van der Waals surface area contributed by atoms with Crippen molar-refractivity contribution in [3.8, 4) is 5.75 Å². The lowest BCUT2D eigenvalue weighted by molar-refractivity contribution is 0.0899. The van der Waals surface area contributed by atoms with E-state index < -0.39 is 0 Å². The van der Waals surface area contributed by atoms with E-state index in [-0.39, 0.29) is 18.1 Å². The van der Waals surface area contributed by atoms with E-state index in [0.717, 1.165) is 18.7 Å². The molecule has 2 fully saturated rings. The Morgan fingerprint density at radius 2 is 2.30 bits per heavy atom. The van der Waals surface area contributed by atoms with Crippen molar-refractivity contribution in [3.05, 3.63) is 30.1 Å². The zero-order valence-electron chi connectivity index (χ0n) is 12.9. The van der Waals surface area contributed by atoms with Crippen LogP contribution in [0.1, 0.15) is 35.1 Å². The fraction of sp³-hybridized carbons (Fsp3) is 0.533. The number of H-pyrrole nitrogens is 1. The van der Waals surface area contributed by atoms with Gasteiger partial charge in [0.05, 0.1) is 37.8 Å². The summed E-state index contributed by atoms with van der Waals surface area (Å²) in [5, 5.41) is 7.03. The topological polar surface area (TPSA) is 94.1 Å². The number of nitrogens with one attached hydrogen (secondary N) is 2. The van der Waals surface area contributed by atoms with Crippen LogP contribution in [-0.4, -0.2) is 51.0 Å². The molecule has 1 saturated carbocycles. The predicted octanol–water partition coefficient (Wildman–Crippen LogP) is 0.597. The fourth-order valence-electron chi connectivity index (χ4n) is 2.68. The van der Waals surface area contributed by atoms with Gasteiger partial charge in [-0.25, -0.2) is 4.98 Å². The highest BCUT2D eigenvalue weighted by Crippen LogP contribution is 2.38. The van der Waals surface area contributed by atoms with Gasteiger partial charge in [-0.05, 0) is 12.8 Å². The summed E-state index contributed by atoms with van der Waals surface area (Å²) in [6, 6.07) is -0.199. The van der Waals surface area contributed by atoms with Crippen molar-refractivity contribution in [1.29, 1.82) is 0 Å². The number of hydrogen-bond acceptors (Lipinski definition) is 5. The van der Waals surface area contributed by atoms with Crippen LogP contribution in [0.25, 0.3) is 0 Å². The molecule has 2 aliphatic rings. The van der Waals surface area contributed by atoms with Crippen LogP contribution in [0.3, 0.4) is 0 Å². The van der Waals surface area contributed by atoms with Gasteiger partial charge in [-0.3, -0.25) is 9.48 Å². The number of carbonyl (C=O) groups excluding carboxylic acids is 1. The summed E-state index contributed by atoms with van der Waals surface area (Å²) in [6.07, 6.45) is 7.09. The summed E-state index contributed by atoms with van der Waals surface area (Å²) in [5.74, 6) is 1.88. The second-order valence-corrected chi connectivity index (χ2v) is 6.08. The van der Waals surface area contributed by atoms with Gasteiger partial charge in [0.15, 0.2) is 5.75 Å². The van der Waals surface area contributed by atoms with Crippen molar-refractivity contribution >= 4 is 5.91 Å². The van der Waals surface area contributed by atoms with Gasteiger partial charge in [0.1, 0.15) is 17.6 Å². The molecule has 2 atom stereocenters. The maximum absolute atomic E-state index is 12.3. The van der Waals surface area contributed by atoms with Crippen molar-refractivity contribution in [2.75, 3.05) is 13.2 Å². The Hall–Kier alpha value is -2.35. The zero-order chi connectivity index (χ0) is 15.8. The summed E-state index contributed by atoms with van der Waals surface area (Å²) in [4.78, 5) is 19.7. The van der Waals surface area contributed by atoms with E-state index in [9.17, 15) is 4.79 Å². The summed E-state index contributed by atoms with van der Waals surface area (Å²) >= 11 is 0. The minimum absolute atomic E-state index is 0.181. The van der Waals surface area contributed by atoms with Crippen LogP contribution in [0.2, 0.25) is 0 Å². The van der Waals surface area contributed by atoms with Gasteiger partial charge in [0.2, 0.25) is 0 Å². The summed E-state index contributed by atoms with van der Waals surface area (Å²) < 4.78 is 13.0. The number of nitrogens with zero attached hydrogens (tertiary/aromatic N) is 3. The molecule has 0 unspecified atom stereocenters. The average molecular weight is 317 g/mol.